The molecule has 1 amide bonds. The Hall–Kier alpha value is -2.67. The van der Waals surface area contributed by atoms with Crippen molar-refractivity contribution in [3.05, 3.63) is 48.3 Å². The summed E-state index contributed by atoms with van der Waals surface area (Å²) in [6.07, 6.45) is 5.09. The first kappa shape index (κ1) is 17.7. The molecule has 0 spiro atoms. The number of thiazole rings is 1. The minimum absolute atomic E-state index is 0.0509. The van der Waals surface area contributed by atoms with Gasteiger partial charge >= 0.3 is 0 Å². The van der Waals surface area contributed by atoms with Crippen LogP contribution >= 0.6 is 11.3 Å². The Bertz CT molecular complexity index is 920. The van der Waals surface area contributed by atoms with Gasteiger partial charge in [-0.2, -0.15) is 0 Å². The number of rotatable bonds is 5. The third-order valence-electron chi connectivity index (χ3n) is 4.68. The molecule has 6 nitrogen and oxygen atoms in total. The minimum Gasteiger partial charge on any atom is -0.494 e. The molecule has 3 aromatic rings. The molecule has 27 heavy (non-hydrogen) atoms. The van der Waals surface area contributed by atoms with Crippen LogP contribution in [-0.2, 0) is 0 Å². The highest BCUT2D eigenvalue weighted by atomic mass is 32.1. The van der Waals surface area contributed by atoms with Crippen LogP contribution in [0.1, 0.15) is 30.1 Å². The first-order valence-corrected chi connectivity index (χ1v) is 10.0. The number of fused-ring (bicyclic) bond motifs is 1. The van der Waals surface area contributed by atoms with Gasteiger partial charge in [-0.25, -0.2) is 4.98 Å². The highest BCUT2D eigenvalue weighted by Gasteiger charge is 2.23. The molecule has 140 valence electrons. The Kier molecular flexibility index (Phi) is 5.20. The van der Waals surface area contributed by atoms with Crippen molar-refractivity contribution < 1.29 is 9.53 Å². The fourth-order valence-electron chi connectivity index (χ4n) is 3.27. The quantitative estimate of drug-likeness (QED) is 0.732. The van der Waals surface area contributed by atoms with Crippen LogP contribution in [0.15, 0.2) is 42.7 Å². The van der Waals surface area contributed by atoms with E-state index in [0.717, 1.165) is 47.0 Å². The molecule has 0 unspecified atom stereocenters. The molecule has 0 atom stereocenters. The number of carbonyl (C=O) groups is 1. The maximum absolute atomic E-state index is 12.3. The van der Waals surface area contributed by atoms with E-state index in [4.69, 9.17) is 9.72 Å². The molecule has 1 saturated heterocycles. The lowest BCUT2D eigenvalue weighted by atomic mass is 10.1. The maximum Gasteiger partial charge on any atom is 0.253 e. The van der Waals surface area contributed by atoms with Gasteiger partial charge in [0, 0.05) is 31.5 Å². The van der Waals surface area contributed by atoms with Gasteiger partial charge in [0.05, 0.1) is 22.4 Å². The van der Waals surface area contributed by atoms with E-state index in [1.165, 1.54) is 0 Å². The van der Waals surface area contributed by atoms with Gasteiger partial charge in [-0.05, 0) is 50.1 Å². The lowest BCUT2D eigenvalue weighted by Gasteiger charge is -2.32. The first-order chi connectivity index (χ1) is 13.2. The SMILES string of the molecule is CCOc1ccc2nc(N3CCC(NC(=O)c4cccnc4)CC3)sc2c1. The number of ether oxygens (including phenoxy) is 1. The molecule has 0 bridgehead atoms. The van der Waals surface area contributed by atoms with Crippen LogP contribution in [0.25, 0.3) is 10.2 Å². The molecule has 2 aromatic heterocycles. The molecule has 7 heteroatoms. The van der Waals surface area contributed by atoms with Gasteiger partial charge in [-0.15, -0.1) is 0 Å². The van der Waals surface area contributed by atoms with Gasteiger partial charge in [-0.1, -0.05) is 11.3 Å². The highest BCUT2D eigenvalue weighted by Crippen LogP contribution is 2.32. The fourth-order valence-corrected chi connectivity index (χ4v) is 4.31. The number of aromatic nitrogens is 2. The number of carbonyl (C=O) groups excluding carboxylic acids is 1. The van der Waals surface area contributed by atoms with Crippen LogP contribution in [-0.4, -0.2) is 41.6 Å². The van der Waals surface area contributed by atoms with Crippen molar-refractivity contribution in [1.82, 2.24) is 15.3 Å². The van der Waals surface area contributed by atoms with Gasteiger partial charge in [0.2, 0.25) is 0 Å². The van der Waals surface area contributed by atoms with Crippen molar-refractivity contribution in [2.45, 2.75) is 25.8 Å². The number of amides is 1. The molecular formula is C20H22N4O2S. The summed E-state index contributed by atoms with van der Waals surface area (Å²) in [5.74, 6) is 0.835. The number of anilines is 1. The van der Waals surface area contributed by atoms with Gasteiger partial charge in [0.1, 0.15) is 5.75 Å². The normalized spacial score (nSPS) is 15.1. The molecule has 1 aliphatic rings. The monoisotopic (exact) mass is 382 g/mol. The third-order valence-corrected chi connectivity index (χ3v) is 5.76. The van der Waals surface area contributed by atoms with E-state index in [1.54, 1.807) is 35.9 Å². The molecule has 1 aromatic carbocycles. The van der Waals surface area contributed by atoms with Crippen molar-refractivity contribution in [2.75, 3.05) is 24.6 Å². The number of piperidine rings is 1. The largest absolute Gasteiger partial charge is 0.494 e. The van der Waals surface area contributed by atoms with Gasteiger partial charge in [0.25, 0.3) is 5.91 Å². The summed E-state index contributed by atoms with van der Waals surface area (Å²) in [5, 5.41) is 4.15. The van der Waals surface area contributed by atoms with E-state index in [9.17, 15) is 4.79 Å². The summed E-state index contributed by atoms with van der Waals surface area (Å²) in [7, 11) is 0. The Morgan fingerprint density at radius 2 is 2.19 bits per heavy atom. The summed E-state index contributed by atoms with van der Waals surface area (Å²) < 4.78 is 6.72. The maximum atomic E-state index is 12.3. The topological polar surface area (TPSA) is 67.3 Å². The molecule has 1 N–H and O–H groups in total. The van der Waals surface area contributed by atoms with E-state index >= 15 is 0 Å². The van der Waals surface area contributed by atoms with E-state index < -0.39 is 0 Å². The van der Waals surface area contributed by atoms with E-state index in [-0.39, 0.29) is 11.9 Å². The first-order valence-electron chi connectivity index (χ1n) is 9.22. The zero-order valence-corrected chi connectivity index (χ0v) is 16.0. The summed E-state index contributed by atoms with van der Waals surface area (Å²) >= 11 is 1.70. The number of benzene rings is 1. The van der Waals surface area contributed by atoms with Crippen LogP contribution < -0.4 is 15.0 Å². The summed E-state index contributed by atoms with van der Waals surface area (Å²) in [4.78, 5) is 23.4. The minimum atomic E-state index is -0.0509. The predicted molar refractivity (Wildman–Crippen MR) is 108 cm³/mol. The molecule has 3 heterocycles. The molecule has 0 aliphatic carbocycles. The Labute approximate surface area is 162 Å². The number of pyridine rings is 1. The van der Waals surface area contributed by atoms with Crippen LogP contribution in [0.4, 0.5) is 5.13 Å². The standard InChI is InChI=1S/C20H22N4O2S/c1-2-26-16-5-6-17-18(12-16)27-20(23-17)24-10-7-15(8-11-24)22-19(25)14-4-3-9-21-13-14/h3-6,9,12-13,15H,2,7-8,10-11H2,1H3,(H,22,25). The average molecular weight is 382 g/mol. The Balaban J connectivity index is 1.37. The van der Waals surface area contributed by atoms with Crippen molar-refractivity contribution in [2.24, 2.45) is 0 Å². The number of hydrogen-bond donors (Lipinski definition) is 1. The lowest BCUT2D eigenvalue weighted by Crippen LogP contribution is -2.44. The Morgan fingerprint density at radius 1 is 1.33 bits per heavy atom. The van der Waals surface area contributed by atoms with E-state index in [2.05, 4.69) is 21.3 Å². The molecule has 1 fully saturated rings. The summed E-state index contributed by atoms with van der Waals surface area (Å²) in [5.41, 5.74) is 1.61. The number of hydrogen-bond acceptors (Lipinski definition) is 6. The third kappa shape index (κ3) is 4.03. The average Bonchev–Trinajstić information content (AvgIpc) is 3.13. The predicted octanol–water partition coefficient (Wildman–Crippen LogP) is 3.49. The summed E-state index contributed by atoms with van der Waals surface area (Å²) in [6, 6.07) is 9.79. The highest BCUT2D eigenvalue weighted by molar-refractivity contribution is 7.22. The molecular weight excluding hydrogens is 360 g/mol. The van der Waals surface area contributed by atoms with E-state index in [0.29, 0.717) is 12.2 Å². The van der Waals surface area contributed by atoms with Crippen LogP contribution in [0.3, 0.4) is 0 Å². The smallest absolute Gasteiger partial charge is 0.253 e. The number of nitrogens with zero attached hydrogens (tertiary/aromatic N) is 3. The second-order valence-electron chi connectivity index (χ2n) is 6.54. The van der Waals surface area contributed by atoms with Crippen LogP contribution in [0.2, 0.25) is 0 Å². The van der Waals surface area contributed by atoms with Gasteiger partial charge < -0.3 is 15.0 Å². The van der Waals surface area contributed by atoms with Gasteiger partial charge in [0.15, 0.2) is 5.13 Å². The van der Waals surface area contributed by atoms with Crippen molar-refractivity contribution in [1.29, 1.82) is 0 Å². The van der Waals surface area contributed by atoms with Crippen LogP contribution in [0, 0.1) is 0 Å². The molecule has 1 aliphatic heterocycles. The number of nitrogens with one attached hydrogen (secondary N) is 1. The molecule has 0 saturated carbocycles. The van der Waals surface area contributed by atoms with Gasteiger partial charge in [-0.3, -0.25) is 9.78 Å². The molecule has 0 radical (unpaired) electrons. The van der Waals surface area contributed by atoms with Crippen molar-refractivity contribution in [3.8, 4) is 5.75 Å². The lowest BCUT2D eigenvalue weighted by molar-refractivity contribution is 0.0930. The van der Waals surface area contributed by atoms with Crippen molar-refractivity contribution >= 4 is 32.6 Å². The van der Waals surface area contributed by atoms with Crippen molar-refractivity contribution in [3.63, 3.8) is 0 Å². The fraction of sp³-hybridized carbons (Fsp3) is 0.350. The Morgan fingerprint density at radius 3 is 2.93 bits per heavy atom. The zero-order valence-electron chi connectivity index (χ0n) is 15.2. The van der Waals surface area contributed by atoms with Crippen LogP contribution in [0.5, 0.6) is 5.75 Å². The second-order valence-corrected chi connectivity index (χ2v) is 7.54. The zero-order chi connectivity index (χ0) is 18.6. The second kappa shape index (κ2) is 7.92. The van der Waals surface area contributed by atoms with E-state index in [1.807, 2.05) is 19.1 Å². The summed E-state index contributed by atoms with van der Waals surface area (Å²) in [6.45, 7) is 4.42. The molecule has 4 rings (SSSR count).